The number of carbonyl (C=O) groups excluding carboxylic acids is 2. The summed E-state index contributed by atoms with van der Waals surface area (Å²) in [6.45, 7) is 1.87. The molecule has 0 bridgehead atoms. The van der Waals surface area contributed by atoms with Gasteiger partial charge in [0.15, 0.2) is 0 Å². The van der Waals surface area contributed by atoms with Crippen molar-refractivity contribution < 1.29 is 29.0 Å². The van der Waals surface area contributed by atoms with Gasteiger partial charge in [-0.1, -0.05) is 6.08 Å². The van der Waals surface area contributed by atoms with Crippen molar-refractivity contribution in [3.05, 3.63) is 12.2 Å². The summed E-state index contributed by atoms with van der Waals surface area (Å²) >= 11 is 0. The first-order chi connectivity index (χ1) is 8.51. The summed E-state index contributed by atoms with van der Waals surface area (Å²) in [5.74, 6) is -2.28. The second-order valence-electron chi connectivity index (χ2n) is 3.99. The van der Waals surface area contributed by atoms with Crippen LogP contribution in [0.5, 0.6) is 0 Å². The minimum atomic E-state index is -0.886. The fourth-order valence-corrected chi connectivity index (χ4v) is 1.74. The molecule has 100 valence electrons. The Morgan fingerprint density at radius 1 is 1.28 bits per heavy atom. The average molecular weight is 256 g/mol. The van der Waals surface area contributed by atoms with E-state index in [9.17, 15) is 14.4 Å². The van der Waals surface area contributed by atoms with Crippen LogP contribution in [0.25, 0.3) is 0 Å². The number of hydrogen-bond donors (Lipinski definition) is 1. The van der Waals surface area contributed by atoms with Gasteiger partial charge in [0.2, 0.25) is 0 Å². The van der Waals surface area contributed by atoms with E-state index in [1.807, 2.05) is 0 Å². The molecule has 1 rings (SSSR count). The molecule has 2 atom stereocenters. The first-order valence-electron chi connectivity index (χ1n) is 5.76. The number of rotatable bonds is 6. The number of carboxylic acids is 1. The minimum absolute atomic E-state index is 0.0163. The molecule has 0 saturated carbocycles. The number of carbonyl (C=O) groups is 3. The lowest BCUT2D eigenvalue weighted by molar-refractivity contribution is -0.156. The van der Waals surface area contributed by atoms with Gasteiger partial charge in [0.05, 0.1) is 13.0 Å². The van der Waals surface area contributed by atoms with Crippen molar-refractivity contribution >= 4 is 17.9 Å². The van der Waals surface area contributed by atoms with E-state index in [1.165, 1.54) is 0 Å². The molecule has 0 aromatic heterocycles. The number of carboxylic acid groups (broad SMARTS) is 1. The third kappa shape index (κ3) is 4.99. The van der Waals surface area contributed by atoms with Gasteiger partial charge >= 0.3 is 17.9 Å². The van der Waals surface area contributed by atoms with Crippen molar-refractivity contribution in [3.63, 3.8) is 0 Å². The third-order valence-corrected chi connectivity index (χ3v) is 2.45. The number of esters is 2. The molecular weight excluding hydrogens is 240 g/mol. The summed E-state index contributed by atoms with van der Waals surface area (Å²) in [5, 5.41) is 8.62. The van der Waals surface area contributed by atoms with E-state index in [1.54, 1.807) is 19.1 Å². The van der Waals surface area contributed by atoms with Gasteiger partial charge in [-0.2, -0.15) is 0 Å². The second-order valence-corrected chi connectivity index (χ2v) is 3.99. The molecule has 0 amide bonds. The van der Waals surface area contributed by atoms with E-state index < -0.39 is 30.4 Å². The van der Waals surface area contributed by atoms with Crippen LogP contribution >= 0.6 is 0 Å². The van der Waals surface area contributed by atoms with Gasteiger partial charge in [0, 0.05) is 0 Å². The predicted octanol–water partition coefficient (Wildman–Crippen LogP) is 0.902. The Kier molecular flexibility index (Phi) is 5.35. The molecule has 6 nitrogen and oxygen atoms in total. The molecule has 0 heterocycles. The first-order valence-corrected chi connectivity index (χ1v) is 5.76. The Hall–Kier alpha value is -1.85. The molecular formula is C12H16O6. The summed E-state index contributed by atoms with van der Waals surface area (Å²) in [6.07, 6.45) is 2.97. The van der Waals surface area contributed by atoms with E-state index in [0.29, 0.717) is 6.42 Å². The fraction of sp³-hybridized carbons (Fsp3) is 0.583. The van der Waals surface area contributed by atoms with Crippen molar-refractivity contribution in [3.8, 4) is 0 Å². The van der Waals surface area contributed by atoms with E-state index in [4.69, 9.17) is 9.84 Å². The molecule has 0 unspecified atom stereocenters. The minimum Gasteiger partial charge on any atom is -0.481 e. The van der Waals surface area contributed by atoms with Gasteiger partial charge in [-0.15, -0.1) is 0 Å². The van der Waals surface area contributed by atoms with Gasteiger partial charge < -0.3 is 14.6 Å². The van der Waals surface area contributed by atoms with Crippen LogP contribution in [-0.2, 0) is 23.9 Å². The zero-order valence-corrected chi connectivity index (χ0v) is 10.1. The summed E-state index contributed by atoms with van der Waals surface area (Å²) in [4.78, 5) is 32.9. The molecule has 0 aromatic carbocycles. The van der Waals surface area contributed by atoms with Gasteiger partial charge in [0.1, 0.15) is 12.5 Å². The summed E-state index contributed by atoms with van der Waals surface area (Å²) in [7, 11) is 0. The van der Waals surface area contributed by atoms with Crippen LogP contribution in [0.3, 0.4) is 0 Å². The van der Waals surface area contributed by atoms with E-state index in [-0.39, 0.29) is 18.9 Å². The van der Waals surface area contributed by atoms with Crippen LogP contribution in [0.1, 0.15) is 26.2 Å². The molecule has 0 aromatic rings. The smallest absolute Gasteiger partial charge is 0.317 e. The number of ether oxygens (including phenoxy) is 2. The maximum atomic E-state index is 11.3. The monoisotopic (exact) mass is 256 g/mol. The highest BCUT2D eigenvalue weighted by atomic mass is 16.6. The summed E-state index contributed by atoms with van der Waals surface area (Å²) in [5.41, 5.74) is 0. The molecule has 0 radical (unpaired) electrons. The van der Waals surface area contributed by atoms with Crippen molar-refractivity contribution in [2.24, 2.45) is 5.92 Å². The Bertz CT molecular complexity index is 360. The topological polar surface area (TPSA) is 89.9 Å². The highest BCUT2D eigenvalue weighted by molar-refractivity contribution is 5.91. The Labute approximate surface area is 105 Å². The van der Waals surface area contributed by atoms with Crippen molar-refractivity contribution in [1.29, 1.82) is 0 Å². The van der Waals surface area contributed by atoms with Gasteiger partial charge in [-0.05, 0) is 25.3 Å². The fourth-order valence-electron chi connectivity index (χ4n) is 1.74. The van der Waals surface area contributed by atoms with Gasteiger partial charge in [0.25, 0.3) is 0 Å². The number of allylic oxidation sites excluding steroid dienone is 1. The maximum Gasteiger partial charge on any atom is 0.317 e. The lowest BCUT2D eigenvalue weighted by atomic mass is 10.1. The Morgan fingerprint density at radius 3 is 2.61 bits per heavy atom. The SMILES string of the molecule is CCOC(=O)CC(=O)O[C@H]1C=C[C@H](CC(=O)O)C1. The van der Waals surface area contributed by atoms with Crippen molar-refractivity contribution in [2.75, 3.05) is 6.61 Å². The molecule has 0 aliphatic heterocycles. The third-order valence-electron chi connectivity index (χ3n) is 2.45. The Morgan fingerprint density at radius 2 is 2.00 bits per heavy atom. The van der Waals surface area contributed by atoms with Gasteiger partial charge in [-0.25, -0.2) is 0 Å². The van der Waals surface area contributed by atoms with Crippen LogP contribution in [-0.4, -0.2) is 35.7 Å². The molecule has 1 aliphatic carbocycles. The van der Waals surface area contributed by atoms with Crippen LogP contribution in [0.4, 0.5) is 0 Å². The molecule has 0 fully saturated rings. The van der Waals surface area contributed by atoms with Crippen LogP contribution in [0.2, 0.25) is 0 Å². The maximum absolute atomic E-state index is 11.3. The molecule has 0 spiro atoms. The second kappa shape index (κ2) is 6.78. The van der Waals surface area contributed by atoms with Crippen molar-refractivity contribution in [1.82, 2.24) is 0 Å². The Balaban J connectivity index is 2.28. The van der Waals surface area contributed by atoms with E-state index in [0.717, 1.165) is 0 Å². The zero-order chi connectivity index (χ0) is 13.5. The number of hydrogen-bond acceptors (Lipinski definition) is 5. The summed E-state index contributed by atoms with van der Waals surface area (Å²) < 4.78 is 9.64. The largest absolute Gasteiger partial charge is 0.481 e. The van der Waals surface area contributed by atoms with Crippen LogP contribution in [0.15, 0.2) is 12.2 Å². The van der Waals surface area contributed by atoms with E-state index >= 15 is 0 Å². The van der Waals surface area contributed by atoms with E-state index in [2.05, 4.69) is 4.74 Å². The molecule has 1 N–H and O–H groups in total. The highest BCUT2D eigenvalue weighted by Crippen LogP contribution is 2.23. The molecule has 0 saturated heterocycles. The first kappa shape index (κ1) is 14.2. The van der Waals surface area contributed by atoms with Gasteiger partial charge in [-0.3, -0.25) is 14.4 Å². The zero-order valence-electron chi connectivity index (χ0n) is 10.1. The van der Waals surface area contributed by atoms with Crippen molar-refractivity contribution in [2.45, 2.75) is 32.3 Å². The molecule has 18 heavy (non-hydrogen) atoms. The molecule has 1 aliphatic rings. The highest BCUT2D eigenvalue weighted by Gasteiger charge is 2.24. The predicted molar refractivity (Wildman–Crippen MR) is 60.6 cm³/mol. The normalized spacial score (nSPS) is 21.6. The summed E-state index contributed by atoms with van der Waals surface area (Å²) in [6, 6.07) is 0. The van der Waals surface area contributed by atoms with Crippen LogP contribution in [0, 0.1) is 5.92 Å². The lowest BCUT2D eigenvalue weighted by Gasteiger charge is -2.11. The van der Waals surface area contributed by atoms with Crippen LogP contribution < -0.4 is 0 Å². The molecule has 6 heteroatoms. The quantitative estimate of drug-likeness (QED) is 0.431. The standard InChI is InChI=1S/C12H16O6/c1-2-17-11(15)7-12(16)18-9-4-3-8(5-9)6-10(13)14/h3-4,8-9H,2,5-7H2,1H3,(H,13,14)/t8-,9-/m0/s1. The number of aliphatic carboxylic acids is 1. The average Bonchev–Trinajstić information content (AvgIpc) is 2.64. The lowest BCUT2D eigenvalue weighted by Crippen LogP contribution is -2.19.